The van der Waals surface area contributed by atoms with Crippen LogP contribution in [0.3, 0.4) is 0 Å². The van der Waals surface area contributed by atoms with E-state index in [0.717, 1.165) is 66.9 Å². The number of thiophene rings is 2. The number of nitriles is 2. The lowest BCUT2D eigenvalue weighted by molar-refractivity contribution is 0.869. The Balaban J connectivity index is 1.68. The Morgan fingerprint density at radius 1 is 0.711 bits per heavy atom. The topological polar surface area (TPSA) is 99.1 Å². The number of nitrogens with zero attached hydrogens (tertiary/aromatic N) is 6. The molecule has 7 rings (SSSR count). The fourth-order valence-corrected chi connectivity index (χ4v) is 9.61. The first-order chi connectivity index (χ1) is 21.8. The van der Waals surface area contributed by atoms with Gasteiger partial charge in [0.1, 0.15) is 45.5 Å². The largest absolute Gasteiger partial charge is 0.243 e. The van der Waals surface area contributed by atoms with E-state index in [1.165, 1.54) is 32.6 Å². The summed E-state index contributed by atoms with van der Waals surface area (Å²) in [5.41, 5.74) is 11.2. The lowest BCUT2D eigenvalue weighted by atomic mass is 9.99. The number of fused-ring (bicyclic) bond motifs is 5. The van der Waals surface area contributed by atoms with Gasteiger partial charge in [-0.2, -0.15) is 19.3 Å². The molecule has 1 aliphatic rings. The van der Waals surface area contributed by atoms with Gasteiger partial charge in [-0.25, -0.2) is 9.97 Å². The summed E-state index contributed by atoms with van der Waals surface area (Å²) in [6.07, 6.45) is 1.88. The number of aryl methyl sites for hydroxylation is 2. The van der Waals surface area contributed by atoms with Gasteiger partial charge in [0.25, 0.3) is 0 Å². The molecule has 0 unspecified atom stereocenters. The van der Waals surface area contributed by atoms with E-state index in [-0.39, 0.29) is 5.57 Å². The fourth-order valence-electron chi connectivity index (χ4n) is 6.44. The number of allylic oxidation sites excluding steroid dienone is 1. The average Bonchev–Trinajstić information content (AvgIpc) is 3.84. The summed E-state index contributed by atoms with van der Waals surface area (Å²) in [6, 6.07) is 16.6. The molecule has 0 spiro atoms. The number of benzene rings is 2. The van der Waals surface area contributed by atoms with Crippen LogP contribution in [0, 0.1) is 22.7 Å². The predicted octanol–water partition coefficient (Wildman–Crippen LogP) is 10.3. The van der Waals surface area contributed by atoms with Gasteiger partial charge in [0.2, 0.25) is 0 Å². The van der Waals surface area contributed by atoms with E-state index in [0.29, 0.717) is 28.8 Å². The van der Waals surface area contributed by atoms with Crippen LogP contribution in [0.15, 0.2) is 42.0 Å². The molecule has 4 heterocycles. The predicted molar refractivity (Wildman–Crippen MR) is 187 cm³/mol. The van der Waals surface area contributed by atoms with Crippen LogP contribution in [0.1, 0.15) is 85.5 Å². The zero-order valence-corrected chi connectivity index (χ0v) is 28.4. The highest BCUT2D eigenvalue weighted by atomic mass is 32.1. The van der Waals surface area contributed by atoms with Crippen molar-refractivity contribution in [1.82, 2.24) is 18.7 Å². The maximum atomic E-state index is 10.0. The van der Waals surface area contributed by atoms with Crippen molar-refractivity contribution in [2.24, 2.45) is 0 Å². The van der Waals surface area contributed by atoms with Gasteiger partial charge in [0.05, 0.1) is 17.4 Å². The summed E-state index contributed by atoms with van der Waals surface area (Å²) in [7, 11) is 0. The van der Waals surface area contributed by atoms with E-state index in [2.05, 4.69) is 65.8 Å². The fraction of sp³-hybridized carbons (Fsp3) is 0.278. The van der Waals surface area contributed by atoms with Gasteiger partial charge in [-0.15, -0.1) is 22.7 Å². The van der Waals surface area contributed by atoms with Crippen LogP contribution in [-0.4, -0.2) is 18.7 Å². The third-order valence-corrected chi connectivity index (χ3v) is 12.0. The summed E-state index contributed by atoms with van der Waals surface area (Å²) in [6.45, 7) is 13.3. The molecule has 0 saturated carbocycles. The number of hydrogen-bond donors (Lipinski definition) is 0. The van der Waals surface area contributed by atoms with E-state index in [4.69, 9.17) is 18.7 Å². The molecule has 0 atom stereocenters. The zero-order valence-electron chi connectivity index (χ0n) is 25.9. The van der Waals surface area contributed by atoms with Crippen LogP contribution in [-0.2, 0) is 12.8 Å². The Morgan fingerprint density at radius 2 is 1.20 bits per heavy atom. The molecule has 0 N–H and O–H groups in total. The number of rotatable bonds is 6. The van der Waals surface area contributed by atoms with Gasteiger partial charge in [-0.1, -0.05) is 65.8 Å². The van der Waals surface area contributed by atoms with Gasteiger partial charge in [-0.3, -0.25) is 0 Å². The van der Waals surface area contributed by atoms with Crippen molar-refractivity contribution in [1.29, 1.82) is 10.5 Å². The second-order valence-corrected chi connectivity index (χ2v) is 14.6. The summed E-state index contributed by atoms with van der Waals surface area (Å²) >= 11 is 4.80. The van der Waals surface area contributed by atoms with Gasteiger partial charge >= 0.3 is 0 Å². The first-order valence-corrected chi connectivity index (χ1v) is 17.6. The highest BCUT2D eigenvalue weighted by Gasteiger charge is 2.33. The van der Waals surface area contributed by atoms with Crippen LogP contribution in [0.5, 0.6) is 0 Å². The zero-order chi connectivity index (χ0) is 31.6. The Bertz CT molecular complexity index is 2270. The molecule has 2 aromatic carbocycles. The molecule has 222 valence electrons. The van der Waals surface area contributed by atoms with Crippen molar-refractivity contribution in [3.63, 3.8) is 0 Å². The third kappa shape index (κ3) is 4.45. The minimum Gasteiger partial charge on any atom is -0.243 e. The number of aromatic nitrogens is 4. The molecular weight excluding hydrogens is 613 g/mol. The molecule has 45 heavy (non-hydrogen) atoms. The summed E-state index contributed by atoms with van der Waals surface area (Å²) < 4.78 is 9.81. The molecule has 0 saturated heterocycles. The molecule has 1 aliphatic carbocycles. The van der Waals surface area contributed by atoms with E-state index in [1.54, 1.807) is 22.7 Å². The minimum absolute atomic E-state index is 0.0342. The van der Waals surface area contributed by atoms with Crippen molar-refractivity contribution in [2.45, 2.75) is 66.2 Å². The maximum absolute atomic E-state index is 10.0. The molecule has 0 fully saturated rings. The number of hydrogen-bond acceptors (Lipinski definition) is 9. The molecular formula is C36H30N6S3. The minimum atomic E-state index is 0.0342. The Hall–Kier alpha value is -4.28. The average molecular weight is 643 g/mol. The Morgan fingerprint density at radius 3 is 1.64 bits per heavy atom. The summed E-state index contributed by atoms with van der Waals surface area (Å²) in [5.74, 6) is 0.779. The first kappa shape index (κ1) is 29.4. The molecule has 6 aromatic rings. The summed E-state index contributed by atoms with van der Waals surface area (Å²) in [5, 5.41) is 20.0. The van der Waals surface area contributed by atoms with E-state index in [9.17, 15) is 10.5 Å². The lowest BCUT2D eigenvalue weighted by Gasteiger charge is -2.12. The van der Waals surface area contributed by atoms with Crippen molar-refractivity contribution >= 4 is 62.0 Å². The maximum Gasteiger partial charge on any atom is 0.139 e. The summed E-state index contributed by atoms with van der Waals surface area (Å²) in [4.78, 5) is 15.7. The van der Waals surface area contributed by atoms with Crippen molar-refractivity contribution in [3.05, 3.63) is 74.1 Å². The van der Waals surface area contributed by atoms with Gasteiger partial charge in [-0.05, 0) is 53.5 Å². The first-order valence-electron chi connectivity index (χ1n) is 15.2. The van der Waals surface area contributed by atoms with Crippen molar-refractivity contribution in [3.8, 4) is 44.3 Å². The van der Waals surface area contributed by atoms with E-state index in [1.807, 2.05) is 24.3 Å². The van der Waals surface area contributed by atoms with Crippen molar-refractivity contribution in [2.75, 3.05) is 0 Å². The molecule has 0 bridgehead atoms. The quantitative estimate of drug-likeness (QED) is 0.167. The van der Waals surface area contributed by atoms with Gasteiger partial charge in [0, 0.05) is 41.8 Å². The Labute approximate surface area is 274 Å². The van der Waals surface area contributed by atoms with E-state index < -0.39 is 0 Å². The van der Waals surface area contributed by atoms with Crippen molar-refractivity contribution < 1.29 is 0 Å². The van der Waals surface area contributed by atoms with Crippen LogP contribution in [0.2, 0.25) is 0 Å². The van der Waals surface area contributed by atoms with Crippen LogP contribution >= 0.6 is 34.4 Å². The highest BCUT2D eigenvalue weighted by molar-refractivity contribution is 7.16. The van der Waals surface area contributed by atoms with Gasteiger partial charge < -0.3 is 0 Å². The van der Waals surface area contributed by atoms with E-state index >= 15 is 0 Å². The monoisotopic (exact) mass is 642 g/mol. The van der Waals surface area contributed by atoms with Crippen LogP contribution in [0.4, 0.5) is 0 Å². The molecule has 0 amide bonds. The smallest absolute Gasteiger partial charge is 0.139 e. The molecule has 6 nitrogen and oxygen atoms in total. The second kappa shape index (κ2) is 11.3. The normalized spacial score (nSPS) is 12.3. The SMILES string of the molecule is CCc1cc(-c2c3nsnc3c(-c3cc(CC)c(C(C)C)s3)c3nc4c(nc23)C(=C(C#N)C#N)c2ccccc2-4)sc1C(C)C. The second-order valence-electron chi connectivity index (χ2n) is 11.9. The molecule has 0 aliphatic heterocycles. The van der Waals surface area contributed by atoms with Crippen LogP contribution in [0.25, 0.3) is 59.8 Å². The third-order valence-electron chi connectivity index (χ3n) is 8.48. The standard InChI is InChI=1S/C36H30N6S3/c1-7-19-13-24(43-35(19)17(3)4)27-31-32(28(34-33(27)41-45-42-34)25-14-20(8-2)36(44-25)18(5)6)40-30-26(21(15-37)16-38)22-11-9-10-12-23(22)29(30)39-31/h9-14,17-18H,7-8H2,1-6H3. The lowest BCUT2D eigenvalue weighted by Crippen LogP contribution is -1.99. The molecule has 4 aromatic heterocycles. The van der Waals surface area contributed by atoms with Gasteiger partial charge in [0.15, 0.2) is 0 Å². The van der Waals surface area contributed by atoms with Crippen LogP contribution < -0.4 is 0 Å². The Kier molecular flexibility index (Phi) is 7.37. The highest BCUT2D eigenvalue weighted by Crippen LogP contribution is 2.51. The molecule has 9 heteroatoms. The molecule has 0 radical (unpaired) electrons.